The fraction of sp³-hybridized carbons (Fsp3) is 0.714. The molecule has 1 heterocycles. The zero-order valence-corrected chi connectivity index (χ0v) is 6.04. The molecule has 1 atom stereocenters. The summed E-state index contributed by atoms with van der Waals surface area (Å²) in [5.74, 6) is 0.737. The van der Waals surface area contributed by atoms with Gasteiger partial charge < -0.3 is 14.6 Å². The van der Waals surface area contributed by atoms with Gasteiger partial charge in [-0.1, -0.05) is 0 Å². The van der Waals surface area contributed by atoms with E-state index in [1.165, 1.54) is 0 Å². The molecular weight excluding hydrogens is 132 g/mol. The maximum atomic E-state index is 9.02. The van der Waals surface area contributed by atoms with Crippen molar-refractivity contribution in [2.45, 2.75) is 13.0 Å². The van der Waals surface area contributed by atoms with E-state index in [0.717, 1.165) is 5.76 Å². The van der Waals surface area contributed by atoms with Crippen LogP contribution in [-0.2, 0) is 9.47 Å². The first-order valence-electron chi connectivity index (χ1n) is 3.42. The predicted octanol–water partition coefficient (Wildman–Crippen LogP) is 0.298. The minimum Gasteiger partial charge on any atom is -0.496 e. The molecule has 58 valence electrons. The van der Waals surface area contributed by atoms with Gasteiger partial charge in [-0.15, -0.1) is 0 Å². The van der Waals surface area contributed by atoms with Gasteiger partial charge in [-0.25, -0.2) is 0 Å². The second-order valence-corrected chi connectivity index (χ2v) is 2.15. The highest BCUT2D eigenvalue weighted by Gasteiger charge is 2.10. The minimum atomic E-state index is -0.490. The van der Waals surface area contributed by atoms with E-state index in [1.54, 1.807) is 6.08 Å². The van der Waals surface area contributed by atoms with Gasteiger partial charge in [-0.3, -0.25) is 0 Å². The number of aliphatic hydroxyl groups is 1. The normalized spacial score (nSPS) is 25.8. The molecule has 1 unspecified atom stereocenters. The number of hydrogen-bond donors (Lipinski definition) is 1. The van der Waals surface area contributed by atoms with Crippen molar-refractivity contribution in [2.24, 2.45) is 0 Å². The standard InChI is InChI=1S/C7H12O3/c1-2-10-7-3-6(8)4-9-5-7/h3,6,8H,2,4-5H2,1H3. The molecular formula is C7H12O3. The van der Waals surface area contributed by atoms with Crippen LogP contribution in [0.1, 0.15) is 6.92 Å². The maximum Gasteiger partial charge on any atom is 0.120 e. The third-order valence-electron chi connectivity index (χ3n) is 1.24. The van der Waals surface area contributed by atoms with E-state index in [4.69, 9.17) is 14.6 Å². The van der Waals surface area contributed by atoms with Crippen LogP contribution in [0.3, 0.4) is 0 Å². The van der Waals surface area contributed by atoms with Gasteiger partial charge >= 0.3 is 0 Å². The van der Waals surface area contributed by atoms with Gasteiger partial charge in [0.15, 0.2) is 0 Å². The summed E-state index contributed by atoms with van der Waals surface area (Å²) < 4.78 is 10.1. The highest BCUT2D eigenvalue weighted by Crippen LogP contribution is 2.06. The summed E-state index contributed by atoms with van der Waals surface area (Å²) in [4.78, 5) is 0. The molecule has 0 aromatic heterocycles. The highest BCUT2D eigenvalue weighted by molar-refractivity contribution is 5.00. The summed E-state index contributed by atoms with van der Waals surface area (Å²) >= 11 is 0. The van der Waals surface area contributed by atoms with Gasteiger partial charge in [0, 0.05) is 0 Å². The van der Waals surface area contributed by atoms with Crippen molar-refractivity contribution in [3.8, 4) is 0 Å². The summed E-state index contributed by atoms with van der Waals surface area (Å²) in [7, 11) is 0. The molecule has 10 heavy (non-hydrogen) atoms. The average molecular weight is 144 g/mol. The first-order valence-corrected chi connectivity index (χ1v) is 3.42. The monoisotopic (exact) mass is 144 g/mol. The second kappa shape index (κ2) is 3.58. The third kappa shape index (κ3) is 2.01. The smallest absolute Gasteiger partial charge is 0.120 e. The van der Waals surface area contributed by atoms with Crippen molar-refractivity contribution in [3.05, 3.63) is 11.8 Å². The van der Waals surface area contributed by atoms with Crippen LogP contribution in [0.2, 0.25) is 0 Å². The van der Waals surface area contributed by atoms with Crippen LogP contribution in [0.25, 0.3) is 0 Å². The van der Waals surface area contributed by atoms with Crippen LogP contribution in [0.4, 0.5) is 0 Å². The van der Waals surface area contributed by atoms with E-state index in [9.17, 15) is 0 Å². The van der Waals surface area contributed by atoms with Crippen molar-refractivity contribution < 1.29 is 14.6 Å². The fourth-order valence-electron chi connectivity index (χ4n) is 0.866. The molecule has 0 saturated carbocycles. The molecule has 3 heteroatoms. The molecule has 0 saturated heterocycles. The molecule has 0 bridgehead atoms. The van der Waals surface area contributed by atoms with E-state index < -0.39 is 6.10 Å². The number of hydrogen-bond acceptors (Lipinski definition) is 3. The molecule has 0 aromatic rings. The number of ether oxygens (including phenoxy) is 2. The number of aliphatic hydroxyl groups excluding tert-OH is 1. The van der Waals surface area contributed by atoms with Crippen molar-refractivity contribution in [2.75, 3.05) is 19.8 Å². The summed E-state index contributed by atoms with van der Waals surface area (Å²) in [5.41, 5.74) is 0. The summed E-state index contributed by atoms with van der Waals surface area (Å²) in [6.45, 7) is 3.41. The molecule has 0 fully saturated rings. The molecule has 1 aliphatic heterocycles. The number of rotatable bonds is 2. The van der Waals surface area contributed by atoms with E-state index in [2.05, 4.69) is 0 Å². The molecule has 1 N–H and O–H groups in total. The van der Waals surface area contributed by atoms with Crippen molar-refractivity contribution in [1.29, 1.82) is 0 Å². The summed E-state index contributed by atoms with van der Waals surface area (Å²) in [6, 6.07) is 0. The van der Waals surface area contributed by atoms with Gasteiger partial charge in [0.1, 0.15) is 12.4 Å². The van der Waals surface area contributed by atoms with Crippen LogP contribution in [0.5, 0.6) is 0 Å². The first-order chi connectivity index (χ1) is 4.83. The lowest BCUT2D eigenvalue weighted by atomic mass is 10.3. The lowest BCUT2D eigenvalue weighted by Gasteiger charge is -2.17. The Bertz CT molecular complexity index is 131. The molecule has 3 nitrogen and oxygen atoms in total. The van der Waals surface area contributed by atoms with Gasteiger partial charge in [-0.05, 0) is 13.0 Å². The van der Waals surface area contributed by atoms with E-state index in [0.29, 0.717) is 19.8 Å². The lowest BCUT2D eigenvalue weighted by molar-refractivity contribution is 0.0263. The minimum absolute atomic E-state index is 0.385. The van der Waals surface area contributed by atoms with Crippen molar-refractivity contribution in [3.63, 3.8) is 0 Å². The Kier molecular flexibility index (Phi) is 2.71. The lowest BCUT2D eigenvalue weighted by Crippen LogP contribution is -2.21. The topological polar surface area (TPSA) is 38.7 Å². The van der Waals surface area contributed by atoms with E-state index in [-0.39, 0.29) is 0 Å². The highest BCUT2D eigenvalue weighted by atomic mass is 16.5. The van der Waals surface area contributed by atoms with Gasteiger partial charge in [-0.2, -0.15) is 0 Å². The van der Waals surface area contributed by atoms with Gasteiger partial charge in [0.2, 0.25) is 0 Å². The quantitative estimate of drug-likeness (QED) is 0.605. The Hall–Kier alpha value is -0.540. The summed E-state index contributed by atoms with van der Waals surface area (Å²) in [5, 5.41) is 9.02. The van der Waals surface area contributed by atoms with Gasteiger partial charge in [0.25, 0.3) is 0 Å². The maximum absolute atomic E-state index is 9.02. The zero-order valence-electron chi connectivity index (χ0n) is 6.04. The summed E-state index contributed by atoms with van der Waals surface area (Å²) in [6.07, 6.45) is 1.20. The third-order valence-corrected chi connectivity index (χ3v) is 1.24. The molecule has 1 rings (SSSR count). The van der Waals surface area contributed by atoms with Crippen LogP contribution < -0.4 is 0 Å². The second-order valence-electron chi connectivity index (χ2n) is 2.15. The fourth-order valence-corrected chi connectivity index (χ4v) is 0.866. The van der Waals surface area contributed by atoms with Gasteiger partial charge in [0.05, 0.1) is 19.3 Å². The van der Waals surface area contributed by atoms with Crippen LogP contribution in [0.15, 0.2) is 11.8 Å². The molecule has 0 radical (unpaired) electrons. The molecule has 0 aliphatic carbocycles. The predicted molar refractivity (Wildman–Crippen MR) is 36.5 cm³/mol. The first kappa shape index (κ1) is 7.57. The van der Waals surface area contributed by atoms with Crippen LogP contribution >= 0.6 is 0 Å². The Morgan fingerprint density at radius 2 is 2.70 bits per heavy atom. The Morgan fingerprint density at radius 1 is 1.90 bits per heavy atom. The van der Waals surface area contributed by atoms with Crippen molar-refractivity contribution in [1.82, 2.24) is 0 Å². The Labute approximate surface area is 60.3 Å². The average Bonchev–Trinajstić information content (AvgIpc) is 1.88. The molecule has 0 spiro atoms. The zero-order chi connectivity index (χ0) is 7.40. The Morgan fingerprint density at radius 3 is 3.30 bits per heavy atom. The Balaban J connectivity index is 2.41. The van der Waals surface area contributed by atoms with Crippen LogP contribution in [-0.4, -0.2) is 31.0 Å². The SMILES string of the molecule is CCOC1=CC(O)COC1. The van der Waals surface area contributed by atoms with Crippen LogP contribution in [0, 0.1) is 0 Å². The largest absolute Gasteiger partial charge is 0.496 e. The molecule has 1 aliphatic rings. The van der Waals surface area contributed by atoms with E-state index in [1.807, 2.05) is 6.92 Å². The van der Waals surface area contributed by atoms with Crippen molar-refractivity contribution >= 4 is 0 Å². The molecule has 0 amide bonds. The van der Waals surface area contributed by atoms with E-state index >= 15 is 0 Å². The molecule has 0 aromatic carbocycles.